The number of likely N-dealkylation sites (N-methyl/N-ethyl adjacent to an activating group) is 1. The van der Waals surface area contributed by atoms with Gasteiger partial charge in [-0.25, -0.2) is 12.8 Å². The Morgan fingerprint density at radius 3 is 2.53 bits per heavy atom. The van der Waals surface area contributed by atoms with E-state index in [0.29, 0.717) is 11.1 Å². The van der Waals surface area contributed by atoms with Gasteiger partial charge in [0.15, 0.2) is 0 Å². The van der Waals surface area contributed by atoms with Crippen LogP contribution in [0, 0.1) is 11.7 Å². The van der Waals surface area contributed by atoms with Crippen molar-refractivity contribution >= 4 is 15.9 Å². The van der Waals surface area contributed by atoms with E-state index in [2.05, 4.69) is 0 Å². The summed E-state index contributed by atoms with van der Waals surface area (Å²) in [6, 6.07) is 9.94. The topological polar surface area (TPSA) is 96.4 Å². The molecule has 0 bridgehead atoms. The van der Waals surface area contributed by atoms with Crippen molar-refractivity contribution in [3.63, 3.8) is 0 Å². The number of aliphatic hydroxyl groups is 1. The van der Waals surface area contributed by atoms with Gasteiger partial charge in [-0.3, -0.25) is 4.79 Å². The Morgan fingerprint density at radius 2 is 1.91 bits per heavy atom. The fraction of sp³-hybridized carbons (Fsp3) is 0.458. The lowest BCUT2D eigenvalue weighted by atomic mass is 10.0. The molecule has 34 heavy (non-hydrogen) atoms. The fourth-order valence-electron chi connectivity index (χ4n) is 3.87. The molecule has 0 fully saturated rings. The summed E-state index contributed by atoms with van der Waals surface area (Å²) in [5, 5.41) is 9.74. The van der Waals surface area contributed by atoms with E-state index in [1.807, 2.05) is 6.92 Å². The summed E-state index contributed by atoms with van der Waals surface area (Å²) in [6.07, 6.45) is -0.531. The summed E-state index contributed by atoms with van der Waals surface area (Å²) in [4.78, 5) is 13.8. The van der Waals surface area contributed by atoms with Gasteiger partial charge in [-0.15, -0.1) is 0 Å². The van der Waals surface area contributed by atoms with Gasteiger partial charge in [0, 0.05) is 32.7 Å². The lowest BCUT2D eigenvalue weighted by molar-refractivity contribution is -0.135. The number of fused-ring (bicyclic) bond motifs is 1. The van der Waals surface area contributed by atoms with Crippen molar-refractivity contribution in [3.8, 4) is 16.9 Å². The van der Waals surface area contributed by atoms with Crippen LogP contribution in [-0.2, 0) is 19.6 Å². The number of amides is 1. The van der Waals surface area contributed by atoms with Crippen molar-refractivity contribution in [1.29, 1.82) is 0 Å². The highest BCUT2D eigenvalue weighted by atomic mass is 32.2. The highest BCUT2D eigenvalue weighted by Gasteiger charge is 2.38. The molecule has 1 heterocycles. The molecule has 3 atom stereocenters. The summed E-state index contributed by atoms with van der Waals surface area (Å²) in [5.74, 6) is -0.765. The Labute approximate surface area is 199 Å². The first-order chi connectivity index (χ1) is 16.1. The van der Waals surface area contributed by atoms with Gasteiger partial charge in [-0.1, -0.05) is 25.1 Å². The van der Waals surface area contributed by atoms with E-state index in [-0.39, 0.29) is 54.6 Å². The number of aliphatic hydroxyl groups excluding tert-OH is 1. The average Bonchev–Trinajstić information content (AvgIpc) is 2.81. The zero-order valence-corrected chi connectivity index (χ0v) is 20.6. The quantitative estimate of drug-likeness (QED) is 0.635. The van der Waals surface area contributed by atoms with Crippen LogP contribution in [-0.4, -0.2) is 81.2 Å². The number of sulfonamides is 1. The molecule has 0 saturated heterocycles. The second-order valence-electron chi connectivity index (χ2n) is 8.62. The minimum absolute atomic E-state index is 0.0265. The van der Waals surface area contributed by atoms with Gasteiger partial charge in [0.25, 0.3) is 0 Å². The lowest BCUT2D eigenvalue weighted by Crippen LogP contribution is -2.50. The molecule has 0 aromatic heterocycles. The number of carbonyl (C=O) groups excluding carboxylic acids is 1. The number of rotatable bonds is 7. The van der Waals surface area contributed by atoms with Crippen LogP contribution in [0.1, 0.15) is 13.8 Å². The zero-order chi connectivity index (χ0) is 25.0. The number of ether oxygens (including phenoxy) is 2. The first-order valence-electron chi connectivity index (χ1n) is 11.0. The van der Waals surface area contributed by atoms with Crippen LogP contribution in [0.25, 0.3) is 11.1 Å². The van der Waals surface area contributed by atoms with Crippen LogP contribution in [0.15, 0.2) is 47.4 Å². The minimum atomic E-state index is -3.98. The third kappa shape index (κ3) is 5.57. The highest BCUT2D eigenvalue weighted by molar-refractivity contribution is 7.89. The Bertz CT molecular complexity index is 1110. The lowest BCUT2D eigenvalue weighted by Gasteiger charge is -2.37. The van der Waals surface area contributed by atoms with Crippen molar-refractivity contribution in [1.82, 2.24) is 9.21 Å². The number of benzene rings is 2. The normalized spacial score (nSPS) is 21.0. The van der Waals surface area contributed by atoms with Gasteiger partial charge in [-0.05, 0) is 42.3 Å². The van der Waals surface area contributed by atoms with E-state index in [4.69, 9.17) is 9.47 Å². The number of carbonyl (C=O) groups is 1. The third-order valence-corrected chi connectivity index (χ3v) is 8.01. The van der Waals surface area contributed by atoms with E-state index in [1.54, 1.807) is 38.2 Å². The Hall–Kier alpha value is -2.53. The van der Waals surface area contributed by atoms with E-state index >= 15 is 0 Å². The summed E-state index contributed by atoms with van der Waals surface area (Å²) in [5.41, 5.74) is 1.36. The first-order valence-corrected chi connectivity index (χ1v) is 12.4. The molecule has 0 unspecified atom stereocenters. The standard InChI is InChI=1S/C24H31FN2O6S/c1-16-12-27(17(2)14-28)34(30,31)23-10-7-19(18-5-8-20(25)9-6-18)11-21(23)33-22(16)13-26(3)24(29)15-32-4/h5-11,16-17,22,28H,12-15H2,1-4H3/t16-,17+,22+/m0/s1. The third-order valence-electron chi connectivity index (χ3n) is 5.99. The van der Waals surface area contributed by atoms with Gasteiger partial charge < -0.3 is 19.5 Å². The van der Waals surface area contributed by atoms with Gasteiger partial charge in [0.05, 0.1) is 13.2 Å². The molecular weight excluding hydrogens is 463 g/mol. The molecule has 2 aromatic carbocycles. The highest BCUT2D eigenvalue weighted by Crippen LogP contribution is 2.36. The molecule has 0 aliphatic carbocycles. The van der Waals surface area contributed by atoms with Gasteiger partial charge in [0.2, 0.25) is 15.9 Å². The van der Waals surface area contributed by atoms with Gasteiger partial charge in [0.1, 0.15) is 29.2 Å². The molecule has 8 nitrogen and oxygen atoms in total. The van der Waals surface area contributed by atoms with E-state index in [9.17, 15) is 22.7 Å². The number of methoxy groups -OCH3 is 1. The predicted molar refractivity (Wildman–Crippen MR) is 125 cm³/mol. The minimum Gasteiger partial charge on any atom is -0.487 e. The monoisotopic (exact) mass is 494 g/mol. The van der Waals surface area contributed by atoms with Crippen molar-refractivity contribution in [2.45, 2.75) is 30.9 Å². The molecule has 3 rings (SSSR count). The summed E-state index contributed by atoms with van der Waals surface area (Å²) in [6.45, 7) is 3.39. The molecule has 0 radical (unpaired) electrons. The molecular formula is C24H31FN2O6S. The molecule has 2 aromatic rings. The molecule has 1 aliphatic heterocycles. The molecule has 1 amide bonds. The smallest absolute Gasteiger partial charge is 0.248 e. The number of hydrogen-bond acceptors (Lipinski definition) is 6. The SMILES string of the molecule is COCC(=O)N(C)C[C@H]1Oc2cc(-c3ccc(F)cc3)ccc2S(=O)(=O)N([C@H](C)CO)C[C@@H]1C. The average molecular weight is 495 g/mol. The number of hydrogen-bond donors (Lipinski definition) is 1. The molecule has 1 aliphatic rings. The van der Waals surface area contributed by atoms with Crippen LogP contribution in [0.4, 0.5) is 4.39 Å². The second kappa shape index (κ2) is 10.8. The van der Waals surface area contributed by atoms with Crippen LogP contribution < -0.4 is 4.74 Å². The molecule has 10 heteroatoms. The molecule has 0 spiro atoms. The molecule has 1 N–H and O–H groups in total. The van der Waals surface area contributed by atoms with Gasteiger partial charge >= 0.3 is 0 Å². The Kier molecular flexibility index (Phi) is 8.29. The Morgan fingerprint density at radius 1 is 1.26 bits per heavy atom. The van der Waals surface area contributed by atoms with Crippen molar-refractivity contribution in [2.75, 3.05) is 40.5 Å². The van der Waals surface area contributed by atoms with Crippen LogP contribution in [0.2, 0.25) is 0 Å². The maximum atomic E-state index is 13.5. The van der Waals surface area contributed by atoms with E-state index < -0.39 is 22.2 Å². The van der Waals surface area contributed by atoms with E-state index in [1.165, 1.54) is 34.5 Å². The fourth-order valence-corrected chi connectivity index (χ4v) is 5.70. The van der Waals surface area contributed by atoms with Crippen molar-refractivity contribution in [2.24, 2.45) is 5.92 Å². The van der Waals surface area contributed by atoms with Crippen LogP contribution >= 0.6 is 0 Å². The van der Waals surface area contributed by atoms with Crippen LogP contribution in [0.3, 0.4) is 0 Å². The van der Waals surface area contributed by atoms with Crippen LogP contribution in [0.5, 0.6) is 5.75 Å². The zero-order valence-electron chi connectivity index (χ0n) is 19.8. The van der Waals surface area contributed by atoms with E-state index in [0.717, 1.165) is 0 Å². The summed E-state index contributed by atoms with van der Waals surface area (Å²) in [7, 11) is -0.908. The summed E-state index contributed by atoms with van der Waals surface area (Å²) >= 11 is 0. The largest absolute Gasteiger partial charge is 0.487 e. The van der Waals surface area contributed by atoms with Crippen molar-refractivity contribution < 1.29 is 32.2 Å². The Balaban J connectivity index is 2.08. The number of nitrogens with zero attached hydrogens (tertiary/aromatic N) is 2. The maximum absolute atomic E-state index is 13.5. The second-order valence-corrected chi connectivity index (χ2v) is 10.5. The first kappa shape index (κ1) is 26.1. The molecule has 0 saturated carbocycles. The van der Waals surface area contributed by atoms with Crippen molar-refractivity contribution in [3.05, 3.63) is 48.3 Å². The number of halogens is 1. The maximum Gasteiger partial charge on any atom is 0.248 e. The van der Waals surface area contributed by atoms with Gasteiger partial charge in [-0.2, -0.15) is 4.31 Å². The molecule has 186 valence electrons. The summed E-state index contributed by atoms with van der Waals surface area (Å²) < 4.78 is 52.9. The predicted octanol–water partition coefficient (Wildman–Crippen LogP) is 2.37.